The number of rotatable bonds is 4. The van der Waals surface area contributed by atoms with E-state index in [1.807, 2.05) is 0 Å². The zero-order valence-corrected chi connectivity index (χ0v) is 6.74. The van der Waals surface area contributed by atoms with E-state index in [2.05, 4.69) is 11.3 Å². The summed E-state index contributed by atoms with van der Waals surface area (Å²) in [5, 5.41) is 8.38. The fourth-order valence-electron chi connectivity index (χ4n) is 0.465. The third kappa shape index (κ3) is 4.27. The minimum Gasteiger partial charge on any atom is -0.478 e. The van der Waals surface area contributed by atoms with Crippen LogP contribution in [0.15, 0.2) is 24.5 Å². The highest BCUT2D eigenvalue weighted by Crippen LogP contribution is 1.96. The van der Waals surface area contributed by atoms with Crippen molar-refractivity contribution in [3.63, 3.8) is 0 Å². The van der Waals surface area contributed by atoms with Gasteiger partial charge >= 0.3 is 11.9 Å². The summed E-state index contributed by atoms with van der Waals surface area (Å²) in [5.74, 6) is -1.56. The van der Waals surface area contributed by atoms with Gasteiger partial charge in [0.15, 0.2) is 0 Å². The predicted octanol–water partition coefficient (Wildman–Crippen LogP) is 1.09. The van der Waals surface area contributed by atoms with Gasteiger partial charge in [0.25, 0.3) is 0 Å². The van der Waals surface area contributed by atoms with E-state index in [1.54, 1.807) is 0 Å². The van der Waals surface area contributed by atoms with E-state index >= 15 is 0 Å². The van der Waals surface area contributed by atoms with Crippen LogP contribution in [0.25, 0.3) is 0 Å². The molecule has 0 unspecified atom stereocenters. The Labute approximate surface area is 70.1 Å². The summed E-state index contributed by atoms with van der Waals surface area (Å²) in [4.78, 5) is 20.9. The maximum absolute atomic E-state index is 10.6. The summed E-state index contributed by atoms with van der Waals surface area (Å²) in [6.07, 6.45) is 2.24. The minimum atomic E-state index is -1.04. The highest BCUT2D eigenvalue weighted by molar-refractivity contribution is 5.86. The van der Waals surface area contributed by atoms with Crippen LogP contribution in [0, 0.1) is 0 Å². The first-order valence-electron chi connectivity index (χ1n) is 3.28. The van der Waals surface area contributed by atoms with Crippen molar-refractivity contribution in [3.05, 3.63) is 24.5 Å². The molecule has 0 aliphatic rings. The van der Waals surface area contributed by atoms with Crippen LogP contribution in [0.5, 0.6) is 0 Å². The van der Waals surface area contributed by atoms with Crippen LogP contribution in [-0.4, -0.2) is 17.0 Å². The third-order valence-electron chi connectivity index (χ3n) is 1.13. The molecule has 0 aromatic carbocycles. The van der Waals surface area contributed by atoms with Crippen molar-refractivity contribution in [3.8, 4) is 0 Å². The molecular formula is C8H10O4. The Balaban J connectivity index is 3.95. The Morgan fingerprint density at radius 2 is 2.17 bits per heavy atom. The standard InChI is InChI=1S/C8H10O4/c1-3-12-7(9)5-4-6(2)8(10)11/h3-4H,1,5H2,2H3,(H,10,11). The first-order valence-corrected chi connectivity index (χ1v) is 3.28. The molecule has 0 amide bonds. The second-order valence-electron chi connectivity index (χ2n) is 2.05. The summed E-state index contributed by atoms with van der Waals surface area (Å²) in [6.45, 7) is 4.59. The van der Waals surface area contributed by atoms with Crippen molar-refractivity contribution >= 4 is 11.9 Å². The zero-order valence-electron chi connectivity index (χ0n) is 6.74. The number of carboxylic acids is 1. The number of hydrogen-bond donors (Lipinski definition) is 1. The molecule has 0 aliphatic heterocycles. The Kier molecular flexibility index (Phi) is 4.45. The summed E-state index contributed by atoms with van der Waals surface area (Å²) in [6, 6.07) is 0. The van der Waals surface area contributed by atoms with Crippen LogP contribution in [0.2, 0.25) is 0 Å². The molecular weight excluding hydrogens is 160 g/mol. The highest BCUT2D eigenvalue weighted by atomic mass is 16.5. The lowest BCUT2D eigenvalue weighted by Gasteiger charge is -1.94. The third-order valence-corrected chi connectivity index (χ3v) is 1.13. The Bertz CT molecular complexity index is 227. The van der Waals surface area contributed by atoms with Gasteiger partial charge in [-0.1, -0.05) is 12.7 Å². The van der Waals surface area contributed by atoms with Gasteiger partial charge in [0.1, 0.15) is 0 Å². The van der Waals surface area contributed by atoms with Crippen molar-refractivity contribution in [2.45, 2.75) is 13.3 Å². The van der Waals surface area contributed by atoms with Crippen LogP contribution in [0.3, 0.4) is 0 Å². The van der Waals surface area contributed by atoms with Crippen LogP contribution >= 0.6 is 0 Å². The molecule has 0 aromatic heterocycles. The lowest BCUT2D eigenvalue weighted by molar-refractivity contribution is -0.136. The molecule has 0 fully saturated rings. The number of carbonyl (C=O) groups excluding carboxylic acids is 1. The number of esters is 1. The number of hydrogen-bond acceptors (Lipinski definition) is 3. The predicted molar refractivity (Wildman–Crippen MR) is 42.3 cm³/mol. The molecule has 0 aromatic rings. The summed E-state index contributed by atoms with van der Waals surface area (Å²) >= 11 is 0. The molecule has 0 saturated heterocycles. The molecule has 0 saturated carbocycles. The molecule has 4 heteroatoms. The number of carboxylic acid groups (broad SMARTS) is 1. The van der Waals surface area contributed by atoms with E-state index in [1.165, 1.54) is 13.0 Å². The van der Waals surface area contributed by atoms with Crippen LogP contribution < -0.4 is 0 Å². The fourth-order valence-corrected chi connectivity index (χ4v) is 0.465. The Hall–Kier alpha value is -1.58. The second kappa shape index (κ2) is 5.12. The van der Waals surface area contributed by atoms with Gasteiger partial charge in [-0.3, -0.25) is 4.79 Å². The van der Waals surface area contributed by atoms with Crippen molar-refractivity contribution in [1.82, 2.24) is 0 Å². The first kappa shape index (κ1) is 10.4. The fraction of sp³-hybridized carbons (Fsp3) is 0.250. The first-order chi connectivity index (χ1) is 5.57. The van der Waals surface area contributed by atoms with E-state index in [-0.39, 0.29) is 12.0 Å². The maximum atomic E-state index is 10.6. The SMILES string of the molecule is C=COC(=O)CC=C(C)C(=O)O. The van der Waals surface area contributed by atoms with Gasteiger partial charge in [-0.05, 0) is 6.92 Å². The van der Waals surface area contributed by atoms with Crippen LogP contribution in [0.4, 0.5) is 0 Å². The second-order valence-corrected chi connectivity index (χ2v) is 2.05. The van der Waals surface area contributed by atoms with Crippen LogP contribution in [-0.2, 0) is 14.3 Å². The monoisotopic (exact) mass is 170 g/mol. The molecule has 1 N–H and O–H groups in total. The quantitative estimate of drug-likeness (QED) is 0.389. The number of ether oxygens (including phenoxy) is 1. The van der Waals surface area contributed by atoms with E-state index < -0.39 is 11.9 Å². The molecule has 0 bridgehead atoms. The Morgan fingerprint density at radius 1 is 1.58 bits per heavy atom. The van der Waals surface area contributed by atoms with Gasteiger partial charge < -0.3 is 9.84 Å². The normalized spacial score (nSPS) is 10.6. The largest absolute Gasteiger partial charge is 0.478 e. The van der Waals surface area contributed by atoms with Gasteiger partial charge in [0.2, 0.25) is 0 Å². The summed E-state index contributed by atoms with van der Waals surface area (Å²) in [5.41, 5.74) is 0.121. The smallest absolute Gasteiger partial charge is 0.330 e. The lowest BCUT2D eigenvalue weighted by Crippen LogP contribution is -2.00. The molecule has 0 atom stereocenters. The summed E-state index contributed by atoms with van der Waals surface area (Å²) in [7, 11) is 0. The molecule has 4 nitrogen and oxygen atoms in total. The van der Waals surface area contributed by atoms with E-state index in [0.717, 1.165) is 6.26 Å². The molecule has 66 valence electrons. The van der Waals surface area contributed by atoms with Crippen molar-refractivity contribution in [2.24, 2.45) is 0 Å². The number of aliphatic carboxylic acids is 1. The average molecular weight is 170 g/mol. The lowest BCUT2D eigenvalue weighted by atomic mass is 10.2. The Morgan fingerprint density at radius 3 is 2.58 bits per heavy atom. The highest BCUT2D eigenvalue weighted by Gasteiger charge is 2.02. The molecule has 0 radical (unpaired) electrons. The van der Waals surface area contributed by atoms with Gasteiger partial charge in [-0.2, -0.15) is 0 Å². The summed E-state index contributed by atoms with van der Waals surface area (Å²) < 4.78 is 4.36. The maximum Gasteiger partial charge on any atom is 0.330 e. The van der Waals surface area contributed by atoms with Gasteiger partial charge in [0.05, 0.1) is 12.7 Å². The van der Waals surface area contributed by atoms with Crippen molar-refractivity contribution < 1.29 is 19.4 Å². The minimum absolute atomic E-state index is 0.0514. The van der Waals surface area contributed by atoms with Gasteiger partial charge in [0, 0.05) is 5.57 Å². The molecule has 0 rings (SSSR count). The van der Waals surface area contributed by atoms with Crippen molar-refractivity contribution in [1.29, 1.82) is 0 Å². The number of carbonyl (C=O) groups is 2. The van der Waals surface area contributed by atoms with Crippen molar-refractivity contribution in [2.75, 3.05) is 0 Å². The molecule has 12 heavy (non-hydrogen) atoms. The van der Waals surface area contributed by atoms with Crippen LogP contribution in [0.1, 0.15) is 13.3 Å². The molecule has 0 spiro atoms. The van der Waals surface area contributed by atoms with Gasteiger partial charge in [-0.25, -0.2) is 4.79 Å². The molecule has 0 heterocycles. The average Bonchev–Trinajstić information content (AvgIpc) is 2.00. The van der Waals surface area contributed by atoms with Gasteiger partial charge in [-0.15, -0.1) is 0 Å². The zero-order chi connectivity index (χ0) is 9.56. The van der Waals surface area contributed by atoms with E-state index in [4.69, 9.17) is 5.11 Å². The van der Waals surface area contributed by atoms with E-state index in [0.29, 0.717) is 0 Å². The molecule has 0 aliphatic carbocycles. The topological polar surface area (TPSA) is 63.6 Å². The van der Waals surface area contributed by atoms with E-state index in [9.17, 15) is 9.59 Å².